The first-order valence-electron chi connectivity index (χ1n) is 7.54. The van der Waals surface area contributed by atoms with Crippen molar-refractivity contribution >= 4 is 17.7 Å². The third kappa shape index (κ3) is 6.53. The van der Waals surface area contributed by atoms with Crippen LogP contribution in [0.15, 0.2) is 29.2 Å². The maximum Gasteiger partial charge on any atom is 0.320 e. The van der Waals surface area contributed by atoms with E-state index in [2.05, 4.69) is 50.4 Å². The highest BCUT2D eigenvalue weighted by molar-refractivity contribution is 7.99. The lowest BCUT2D eigenvalue weighted by atomic mass is 9.87. The first-order chi connectivity index (χ1) is 9.84. The molecule has 0 saturated carbocycles. The van der Waals surface area contributed by atoms with E-state index in [0.29, 0.717) is 6.42 Å². The van der Waals surface area contributed by atoms with Crippen molar-refractivity contribution in [2.45, 2.75) is 56.9 Å². The number of thioether (sulfide) groups is 1. The zero-order chi connectivity index (χ0) is 15.9. The van der Waals surface area contributed by atoms with E-state index in [0.717, 1.165) is 18.7 Å². The molecule has 1 aromatic carbocycles. The van der Waals surface area contributed by atoms with Gasteiger partial charge in [-0.15, -0.1) is 11.8 Å². The Morgan fingerprint density at radius 1 is 1.29 bits per heavy atom. The first-order valence-corrected chi connectivity index (χ1v) is 8.52. The fourth-order valence-corrected chi connectivity index (χ4v) is 2.89. The van der Waals surface area contributed by atoms with Gasteiger partial charge in [-0.25, -0.2) is 0 Å². The summed E-state index contributed by atoms with van der Waals surface area (Å²) < 4.78 is 0. The normalized spacial score (nSPS) is 13.1. The standard InChI is InChI=1S/C17H27NO2S/c1-5-11-18-15(16(19)20)10-12-21-14-8-6-13(7-9-14)17(2,3)4/h6-9,15,18H,5,10-12H2,1-4H3,(H,19,20). The molecule has 4 heteroatoms. The largest absolute Gasteiger partial charge is 0.480 e. The monoisotopic (exact) mass is 309 g/mol. The summed E-state index contributed by atoms with van der Waals surface area (Å²) >= 11 is 1.72. The number of benzene rings is 1. The van der Waals surface area contributed by atoms with Crippen molar-refractivity contribution in [2.24, 2.45) is 0 Å². The summed E-state index contributed by atoms with van der Waals surface area (Å²) in [5.74, 6) is 0.0508. The Hall–Kier alpha value is -1.00. The molecule has 0 amide bonds. The van der Waals surface area contributed by atoms with E-state index >= 15 is 0 Å². The molecule has 0 aromatic heterocycles. The average Bonchev–Trinajstić information content (AvgIpc) is 2.41. The number of carboxylic acid groups (broad SMARTS) is 1. The summed E-state index contributed by atoms with van der Waals surface area (Å²) in [6.45, 7) is 9.39. The van der Waals surface area contributed by atoms with Crippen LogP contribution in [0.1, 0.15) is 46.1 Å². The van der Waals surface area contributed by atoms with Crippen LogP contribution in [0.3, 0.4) is 0 Å². The summed E-state index contributed by atoms with van der Waals surface area (Å²) in [6, 6.07) is 8.13. The topological polar surface area (TPSA) is 49.3 Å². The van der Waals surface area contributed by atoms with Crippen LogP contribution in [0.25, 0.3) is 0 Å². The third-order valence-electron chi connectivity index (χ3n) is 3.33. The van der Waals surface area contributed by atoms with Crippen LogP contribution in [0, 0.1) is 0 Å². The second-order valence-corrected chi connectivity index (χ2v) is 7.42. The van der Waals surface area contributed by atoms with Crippen molar-refractivity contribution in [3.8, 4) is 0 Å². The minimum absolute atomic E-state index is 0.168. The summed E-state index contributed by atoms with van der Waals surface area (Å²) in [5, 5.41) is 12.2. The number of carbonyl (C=O) groups is 1. The van der Waals surface area contributed by atoms with Crippen LogP contribution in [0.5, 0.6) is 0 Å². The van der Waals surface area contributed by atoms with Crippen LogP contribution in [-0.2, 0) is 10.2 Å². The van der Waals surface area contributed by atoms with E-state index in [1.807, 2.05) is 6.92 Å². The summed E-state index contributed by atoms with van der Waals surface area (Å²) in [5.41, 5.74) is 1.49. The first kappa shape index (κ1) is 18.1. The van der Waals surface area contributed by atoms with Crippen molar-refractivity contribution in [3.05, 3.63) is 29.8 Å². The summed E-state index contributed by atoms with van der Waals surface area (Å²) in [7, 11) is 0. The number of rotatable bonds is 8. The van der Waals surface area contributed by atoms with E-state index in [1.165, 1.54) is 10.5 Å². The molecule has 1 atom stereocenters. The molecule has 0 spiro atoms. The number of hydrogen-bond acceptors (Lipinski definition) is 3. The van der Waals surface area contributed by atoms with E-state index in [-0.39, 0.29) is 5.41 Å². The molecule has 0 aliphatic heterocycles. The maximum absolute atomic E-state index is 11.1. The Morgan fingerprint density at radius 3 is 2.38 bits per heavy atom. The molecule has 21 heavy (non-hydrogen) atoms. The molecular formula is C17H27NO2S. The Morgan fingerprint density at radius 2 is 1.90 bits per heavy atom. The fraction of sp³-hybridized carbons (Fsp3) is 0.588. The van der Waals surface area contributed by atoms with Gasteiger partial charge in [0.1, 0.15) is 6.04 Å². The Bertz CT molecular complexity index is 437. The molecule has 0 aliphatic rings. The van der Waals surface area contributed by atoms with Gasteiger partial charge in [0, 0.05) is 10.6 Å². The molecule has 0 aliphatic carbocycles. The zero-order valence-corrected chi connectivity index (χ0v) is 14.3. The lowest BCUT2D eigenvalue weighted by Gasteiger charge is -2.19. The highest BCUT2D eigenvalue weighted by atomic mass is 32.2. The molecule has 0 bridgehead atoms. The van der Waals surface area contributed by atoms with Gasteiger partial charge in [-0.05, 0) is 42.5 Å². The number of carboxylic acids is 1. The van der Waals surface area contributed by atoms with Crippen LogP contribution in [0.4, 0.5) is 0 Å². The highest BCUT2D eigenvalue weighted by Gasteiger charge is 2.16. The maximum atomic E-state index is 11.1. The second kappa shape index (κ2) is 8.44. The van der Waals surface area contributed by atoms with Gasteiger partial charge in [0.05, 0.1) is 0 Å². The predicted molar refractivity (Wildman–Crippen MR) is 90.2 cm³/mol. The minimum atomic E-state index is -0.757. The molecule has 0 radical (unpaired) electrons. The molecule has 0 fully saturated rings. The van der Waals surface area contributed by atoms with Crippen molar-refractivity contribution in [3.63, 3.8) is 0 Å². The molecule has 2 N–H and O–H groups in total. The molecule has 118 valence electrons. The number of hydrogen-bond donors (Lipinski definition) is 2. The van der Waals surface area contributed by atoms with E-state index in [1.54, 1.807) is 11.8 Å². The smallest absolute Gasteiger partial charge is 0.320 e. The van der Waals surface area contributed by atoms with Gasteiger partial charge in [0.15, 0.2) is 0 Å². The van der Waals surface area contributed by atoms with Gasteiger partial charge in [-0.2, -0.15) is 0 Å². The van der Waals surface area contributed by atoms with Crippen LogP contribution < -0.4 is 5.32 Å². The molecule has 1 unspecified atom stereocenters. The molecule has 0 saturated heterocycles. The zero-order valence-electron chi connectivity index (χ0n) is 13.5. The molecule has 0 heterocycles. The van der Waals surface area contributed by atoms with Gasteiger partial charge >= 0.3 is 5.97 Å². The van der Waals surface area contributed by atoms with Gasteiger partial charge < -0.3 is 10.4 Å². The van der Waals surface area contributed by atoms with Crippen LogP contribution in [0.2, 0.25) is 0 Å². The van der Waals surface area contributed by atoms with Crippen LogP contribution in [-0.4, -0.2) is 29.4 Å². The van der Waals surface area contributed by atoms with Gasteiger partial charge in [-0.3, -0.25) is 4.79 Å². The lowest BCUT2D eigenvalue weighted by Crippen LogP contribution is -2.37. The quantitative estimate of drug-likeness (QED) is 0.715. The van der Waals surface area contributed by atoms with E-state index in [4.69, 9.17) is 5.11 Å². The summed E-state index contributed by atoms with van der Waals surface area (Å²) in [6.07, 6.45) is 1.59. The van der Waals surface area contributed by atoms with Gasteiger partial charge in [-0.1, -0.05) is 39.8 Å². The molecule has 3 nitrogen and oxygen atoms in total. The Kier molecular flexibility index (Phi) is 7.26. The van der Waals surface area contributed by atoms with Crippen molar-refractivity contribution in [2.75, 3.05) is 12.3 Å². The Labute approximate surface area is 132 Å². The predicted octanol–water partition coefficient (Wildman–Crippen LogP) is 3.92. The van der Waals surface area contributed by atoms with Crippen molar-refractivity contribution in [1.29, 1.82) is 0 Å². The Balaban J connectivity index is 2.46. The average molecular weight is 309 g/mol. The van der Waals surface area contributed by atoms with Gasteiger partial charge in [0.25, 0.3) is 0 Å². The highest BCUT2D eigenvalue weighted by Crippen LogP contribution is 2.26. The molecular weight excluding hydrogens is 282 g/mol. The van der Waals surface area contributed by atoms with E-state index < -0.39 is 12.0 Å². The van der Waals surface area contributed by atoms with Crippen molar-refractivity contribution in [1.82, 2.24) is 5.32 Å². The number of nitrogens with one attached hydrogen (secondary N) is 1. The lowest BCUT2D eigenvalue weighted by molar-refractivity contribution is -0.139. The van der Waals surface area contributed by atoms with Gasteiger partial charge in [0.2, 0.25) is 0 Å². The van der Waals surface area contributed by atoms with E-state index in [9.17, 15) is 4.79 Å². The second-order valence-electron chi connectivity index (χ2n) is 6.26. The van der Waals surface area contributed by atoms with Crippen LogP contribution >= 0.6 is 11.8 Å². The molecule has 1 aromatic rings. The fourth-order valence-electron chi connectivity index (χ4n) is 1.98. The van der Waals surface area contributed by atoms with Crippen molar-refractivity contribution < 1.29 is 9.90 Å². The SMILES string of the molecule is CCCNC(CCSc1ccc(C(C)(C)C)cc1)C(=O)O. The molecule has 1 rings (SSSR count). The minimum Gasteiger partial charge on any atom is -0.480 e. The summed E-state index contributed by atoms with van der Waals surface area (Å²) in [4.78, 5) is 12.3. The number of aliphatic carboxylic acids is 1. The third-order valence-corrected chi connectivity index (χ3v) is 4.38.